The lowest BCUT2D eigenvalue weighted by Gasteiger charge is -2.01. The van der Waals surface area contributed by atoms with E-state index >= 15 is 0 Å². The maximum absolute atomic E-state index is 11.9. The first-order valence-electron chi connectivity index (χ1n) is 6.97. The van der Waals surface area contributed by atoms with Crippen LogP contribution in [0.25, 0.3) is 10.9 Å². The van der Waals surface area contributed by atoms with Gasteiger partial charge in [-0.25, -0.2) is 10.4 Å². The Bertz CT molecular complexity index is 965. The summed E-state index contributed by atoms with van der Waals surface area (Å²) in [4.78, 5) is 18.9. The molecule has 0 fully saturated rings. The fourth-order valence-corrected chi connectivity index (χ4v) is 2.30. The highest BCUT2D eigenvalue weighted by Crippen LogP contribution is 2.31. The summed E-state index contributed by atoms with van der Waals surface area (Å²) in [6.45, 7) is 0.233. The Labute approximate surface area is 130 Å². The van der Waals surface area contributed by atoms with Crippen LogP contribution in [0.15, 0.2) is 52.4 Å². The van der Waals surface area contributed by atoms with Crippen LogP contribution in [0.5, 0.6) is 11.5 Å². The maximum atomic E-state index is 11.9. The maximum Gasteiger partial charge on any atom is 0.260 e. The number of fused-ring (bicyclic) bond motifs is 2. The zero-order chi connectivity index (χ0) is 15.6. The van der Waals surface area contributed by atoms with Gasteiger partial charge in [0.15, 0.2) is 11.5 Å². The van der Waals surface area contributed by atoms with Crippen molar-refractivity contribution >= 4 is 23.1 Å². The number of ether oxygens (including phenoxy) is 2. The molecule has 0 bridgehead atoms. The van der Waals surface area contributed by atoms with E-state index in [9.17, 15) is 4.79 Å². The first-order chi connectivity index (χ1) is 11.3. The van der Waals surface area contributed by atoms with E-state index in [-0.39, 0.29) is 18.3 Å². The molecule has 0 radical (unpaired) electrons. The van der Waals surface area contributed by atoms with Crippen molar-refractivity contribution in [3.05, 3.63) is 58.4 Å². The van der Waals surface area contributed by atoms with E-state index in [1.165, 1.54) is 0 Å². The predicted octanol–water partition coefficient (Wildman–Crippen LogP) is 2.10. The summed E-state index contributed by atoms with van der Waals surface area (Å²) in [5.41, 5.74) is 3.96. The van der Waals surface area contributed by atoms with Gasteiger partial charge in [-0.1, -0.05) is 12.1 Å². The van der Waals surface area contributed by atoms with Crippen LogP contribution in [-0.4, -0.2) is 23.0 Å². The van der Waals surface area contributed by atoms with Gasteiger partial charge >= 0.3 is 0 Å². The van der Waals surface area contributed by atoms with Crippen molar-refractivity contribution in [2.75, 3.05) is 12.2 Å². The van der Waals surface area contributed by atoms with Gasteiger partial charge in [-0.05, 0) is 35.9 Å². The molecule has 0 spiro atoms. The highest BCUT2D eigenvalue weighted by Gasteiger charge is 2.12. The van der Waals surface area contributed by atoms with Crippen LogP contribution < -0.4 is 20.5 Å². The number of hydrogen-bond donors (Lipinski definition) is 2. The Morgan fingerprint density at radius 1 is 1.17 bits per heavy atom. The van der Waals surface area contributed by atoms with Crippen molar-refractivity contribution in [1.29, 1.82) is 0 Å². The molecule has 7 heteroatoms. The molecule has 0 unspecified atom stereocenters. The van der Waals surface area contributed by atoms with Crippen molar-refractivity contribution in [2.24, 2.45) is 5.10 Å². The fourth-order valence-electron chi connectivity index (χ4n) is 2.30. The van der Waals surface area contributed by atoms with E-state index < -0.39 is 0 Å². The molecular weight excluding hydrogens is 296 g/mol. The van der Waals surface area contributed by atoms with Crippen LogP contribution in [0.2, 0.25) is 0 Å². The smallest absolute Gasteiger partial charge is 0.260 e. The minimum Gasteiger partial charge on any atom is -0.454 e. The summed E-state index contributed by atoms with van der Waals surface area (Å²) in [7, 11) is 0. The van der Waals surface area contributed by atoms with Gasteiger partial charge in [0.05, 0.1) is 17.1 Å². The Balaban J connectivity index is 1.56. The average molecular weight is 308 g/mol. The SMILES string of the molecule is O=c1[nH]c(NN=Cc2ccc3c(c2)OCO3)nc2ccccc12. The van der Waals surface area contributed by atoms with Gasteiger partial charge in [-0.2, -0.15) is 5.10 Å². The molecule has 1 aromatic heterocycles. The Hall–Kier alpha value is -3.35. The normalized spacial score (nSPS) is 12.9. The Kier molecular flexibility index (Phi) is 3.16. The van der Waals surface area contributed by atoms with Crippen LogP contribution >= 0.6 is 0 Å². The average Bonchev–Trinajstić information content (AvgIpc) is 3.03. The number of aromatic amines is 1. The highest BCUT2D eigenvalue weighted by atomic mass is 16.7. The number of nitrogens with one attached hydrogen (secondary N) is 2. The second-order valence-corrected chi connectivity index (χ2v) is 4.91. The number of nitrogens with zero attached hydrogens (tertiary/aromatic N) is 2. The zero-order valence-electron chi connectivity index (χ0n) is 11.9. The second kappa shape index (κ2) is 5.45. The third-order valence-electron chi connectivity index (χ3n) is 3.39. The van der Waals surface area contributed by atoms with Gasteiger partial charge in [0.2, 0.25) is 12.7 Å². The van der Waals surface area contributed by atoms with Crippen LogP contribution in [0.4, 0.5) is 5.95 Å². The molecule has 114 valence electrons. The van der Waals surface area contributed by atoms with E-state index in [1.807, 2.05) is 24.3 Å². The fraction of sp³-hybridized carbons (Fsp3) is 0.0625. The molecule has 0 saturated heterocycles. The van der Waals surface area contributed by atoms with E-state index in [4.69, 9.17) is 9.47 Å². The van der Waals surface area contributed by atoms with Gasteiger partial charge in [-0.3, -0.25) is 9.78 Å². The second-order valence-electron chi connectivity index (χ2n) is 4.91. The zero-order valence-corrected chi connectivity index (χ0v) is 11.9. The van der Waals surface area contributed by atoms with Crippen molar-refractivity contribution in [2.45, 2.75) is 0 Å². The minimum absolute atomic E-state index is 0.212. The lowest BCUT2D eigenvalue weighted by Crippen LogP contribution is -2.10. The summed E-state index contributed by atoms with van der Waals surface area (Å²) in [6, 6.07) is 12.6. The monoisotopic (exact) mass is 308 g/mol. The molecule has 4 rings (SSSR count). The summed E-state index contributed by atoms with van der Waals surface area (Å²) in [6.07, 6.45) is 1.61. The van der Waals surface area contributed by atoms with Gasteiger partial charge < -0.3 is 9.47 Å². The number of hydrogen-bond acceptors (Lipinski definition) is 6. The third-order valence-corrected chi connectivity index (χ3v) is 3.39. The topological polar surface area (TPSA) is 88.6 Å². The van der Waals surface area contributed by atoms with Crippen LogP contribution in [-0.2, 0) is 0 Å². The molecule has 0 amide bonds. The summed E-state index contributed by atoms with van der Waals surface area (Å²) < 4.78 is 10.6. The van der Waals surface area contributed by atoms with Gasteiger partial charge in [0, 0.05) is 0 Å². The van der Waals surface area contributed by atoms with E-state index in [1.54, 1.807) is 24.4 Å². The molecule has 23 heavy (non-hydrogen) atoms. The van der Waals surface area contributed by atoms with Gasteiger partial charge in [-0.15, -0.1) is 0 Å². The minimum atomic E-state index is -0.212. The molecule has 1 aliphatic heterocycles. The lowest BCUT2D eigenvalue weighted by molar-refractivity contribution is 0.174. The molecule has 2 heterocycles. The number of hydrazone groups is 1. The number of rotatable bonds is 3. The molecule has 1 aliphatic rings. The first kappa shape index (κ1) is 13.3. The highest BCUT2D eigenvalue weighted by molar-refractivity contribution is 5.82. The Morgan fingerprint density at radius 2 is 2.04 bits per heavy atom. The van der Waals surface area contributed by atoms with Crippen LogP contribution in [0.3, 0.4) is 0 Å². The molecule has 2 N–H and O–H groups in total. The largest absolute Gasteiger partial charge is 0.454 e. The van der Waals surface area contributed by atoms with E-state index in [0.29, 0.717) is 16.7 Å². The van der Waals surface area contributed by atoms with Crippen molar-refractivity contribution in [3.63, 3.8) is 0 Å². The van der Waals surface area contributed by atoms with Crippen molar-refractivity contribution in [1.82, 2.24) is 9.97 Å². The number of benzene rings is 2. The molecule has 3 aromatic rings. The van der Waals surface area contributed by atoms with Crippen molar-refractivity contribution in [3.8, 4) is 11.5 Å². The molecule has 0 atom stereocenters. The number of anilines is 1. The molecule has 0 aliphatic carbocycles. The Morgan fingerprint density at radius 3 is 3.00 bits per heavy atom. The van der Waals surface area contributed by atoms with E-state index in [2.05, 4.69) is 20.5 Å². The van der Waals surface area contributed by atoms with Gasteiger partial charge in [0.1, 0.15) is 0 Å². The molecule has 2 aromatic carbocycles. The number of aromatic nitrogens is 2. The molecule has 7 nitrogen and oxygen atoms in total. The first-order valence-corrected chi connectivity index (χ1v) is 6.97. The lowest BCUT2D eigenvalue weighted by atomic mass is 10.2. The molecule has 0 saturated carbocycles. The standard InChI is InChI=1S/C16H12N4O3/c21-15-11-3-1-2-4-12(11)18-16(19-15)20-17-8-10-5-6-13-14(7-10)23-9-22-13/h1-8H,9H2,(H2,18,19,20,21). The van der Waals surface area contributed by atoms with Crippen molar-refractivity contribution < 1.29 is 9.47 Å². The molecular formula is C16H12N4O3. The number of para-hydroxylation sites is 1. The summed E-state index contributed by atoms with van der Waals surface area (Å²) in [5, 5.41) is 4.62. The van der Waals surface area contributed by atoms with Gasteiger partial charge in [0.25, 0.3) is 5.56 Å². The predicted molar refractivity (Wildman–Crippen MR) is 86.1 cm³/mol. The third kappa shape index (κ3) is 2.59. The van der Waals surface area contributed by atoms with Crippen LogP contribution in [0.1, 0.15) is 5.56 Å². The number of H-pyrrole nitrogens is 1. The van der Waals surface area contributed by atoms with E-state index in [0.717, 1.165) is 11.3 Å². The van der Waals surface area contributed by atoms with Crippen LogP contribution in [0, 0.1) is 0 Å². The quantitative estimate of drug-likeness (QED) is 0.571. The summed E-state index contributed by atoms with van der Waals surface area (Å²) >= 11 is 0. The summed E-state index contributed by atoms with van der Waals surface area (Å²) in [5.74, 6) is 1.69.